The van der Waals surface area contributed by atoms with Gasteiger partial charge in [0.15, 0.2) is 0 Å². The van der Waals surface area contributed by atoms with E-state index in [-0.39, 0.29) is 5.82 Å². The van der Waals surface area contributed by atoms with Crippen LogP contribution in [0.15, 0.2) is 61.2 Å². The van der Waals surface area contributed by atoms with Gasteiger partial charge in [-0.3, -0.25) is 4.98 Å². The van der Waals surface area contributed by atoms with Gasteiger partial charge in [-0.15, -0.1) is 0 Å². The van der Waals surface area contributed by atoms with Crippen LogP contribution in [0.25, 0.3) is 28.0 Å². The number of aromatic nitrogens is 4. The molecule has 4 rings (SSSR count). The molecule has 0 radical (unpaired) electrons. The SMILES string of the molecule is Cc1ccc(F)c(-c2ncccc2-c2ccc3n(c2)nc[n+]3C)c1. The van der Waals surface area contributed by atoms with Crippen molar-refractivity contribution in [1.29, 1.82) is 0 Å². The number of halogens is 1. The van der Waals surface area contributed by atoms with Crippen LogP contribution in [0, 0.1) is 12.7 Å². The Kier molecular flexibility index (Phi) is 3.34. The molecular formula is C19H16FN4+. The zero-order chi connectivity index (χ0) is 16.7. The summed E-state index contributed by atoms with van der Waals surface area (Å²) in [6.45, 7) is 1.95. The van der Waals surface area contributed by atoms with Crippen molar-refractivity contribution in [3.63, 3.8) is 0 Å². The van der Waals surface area contributed by atoms with Gasteiger partial charge in [0.05, 0.1) is 12.7 Å². The minimum atomic E-state index is -0.271. The first-order valence-corrected chi connectivity index (χ1v) is 7.68. The second kappa shape index (κ2) is 5.53. The minimum absolute atomic E-state index is 0.271. The molecule has 0 spiro atoms. The maximum Gasteiger partial charge on any atom is 0.265 e. The third kappa shape index (κ3) is 2.34. The summed E-state index contributed by atoms with van der Waals surface area (Å²) >= 11 is 0. The summed E-state index contributed by atoms with van der Waals surface area (Å²) in [6.07, 6.45) is 5.38. The molecule has 0 amide bonds. The minimum Gasteiger partial charge on any atom is -0.255 e. The van der Waals surface area contributed by atoms with Gasteiger partial charge in [-0.1, -0.05) is 22.2 Å². The van der Waals surface area contributed by atoms with Gasteiger partial charge in [-0.25, -0.2) is 8.96 Å². The highest BCUT2D eigenvalue weighted by atomic mass is 19.1. The molecule has 0 aliphatic heterocycles. The molecule has 0 atom stereocenters. The molecule has 0 aliphatic rings. The van der Waals surface area contributed by atoms with Gasteiger partial charge in [0.1, 0.15) is 12.0 Å². The Morgan fingerprint density at radius 1 is 1.08 bits per heavy atom. The number of rotatable bonds is 2. The third-order valence-corrected chi connectivity index (χ3v) is 4.11. The van der Waals surface area contributed by atoms with Gasteiger partial charge in [0.25, 0.3) is 12.0 Å². The van der Waals surface area contributed by atoms with Crippen LogP contribution in [0.3, 0.4) is 0 Å². The van der Waals surface area contributed by atoms with Crippen molar-refractivity contribution in [2.75, 3.05) is 0 Å². The van der Waals surface area contributed by atoms with Crippen LogP contribution in [0.2, 0.25) is 0 Å². The highest BCUT2D eigenvalue weighted by Gasteiger charge is 2.15. The molecule has 0 fully saturated rings. The Hall–Kier alpha value is -3.08. The van der Waals surface area contributed by atoms with E-state index in [9.17, 15) is 4.39 Å². The number of benzene rings is 1. The van der Waals surface area contributed by atoms with Crippen molar-refractivity contribution in [1.82, 2.24) is 14.6 Å². The van der Waals surface area contributed by atoms with Crippen molar-refractivity contribution in [2.24, 2.45) is 7.05 Å². The number of aryl methyl sites for hydroxylation is 2. The van der Waals surface area contributed by atoms with E-state index >= 15 is 0 Å². The molecule has 0 saturated carbocycles. The van der Waals surface area contributed by atoms with E-state index in [1.807, 2.05) is 55.1 Å². The van der Waals surface area contributed by atoms with E-state index in [0.717, 1.165) is 22.3 Å². The van der Waals surface area contributed by atoms with Gasteiger partial charge < -0.3 is 0 Å². The van der Waals surface area contributed by atoms with Crippen LogP contribution >= 0.6 is 0 Å². The normalized spacial score (nSPS) is 11.1. The van der Waals surface area contributed by atoms with Gasteiger partial charge >= 0.3 is 0 Å². The predicted molar refractivity (Wildman–Crippen MR) is 89.7 cm³/mol. The van der Waals surface area contributed by atoms with Gasteiger partial charge in [-0.2, -0.15) is 0 Å². The lowest BCUT2D eigenvalue weighted by Crippen LogP contribution is -2.25. The molecular weight excluding hydrogens is 303 g/mol. The van der Waals surface area contributed by atoms with E-state index in [1.165, 1.54) is 6.07 Å². The zero-order valence-electron chi connectivity index (χ0n) is 13.4. The van der Waals surface area contributed by atoms with Gasteiger partial charge in [-0.05, 0) is 31.2 Å². The second-order valence-electron chi connectivity index (χ2n) is 5.85. The lowest BCUT2D eigenvalue weighted by Gasteiger charge is -2.10. The molecule has 3 heterocycles. The number of nitrogens with zero attached hydrogens (tertiary/aromatic N) is 4. The van der Waals surface area contributed by atoms with Crippen LogP contribution in [0.5, 0.6) is 0 Å². The average molecular weight is 319 g/mol. The topological polar surface area (TPSA) is 34.1 Å². The molecule has 0 unspecified atom stereocenters. The van der Waals surface area contributed by atoms with Crippen molar-refractivity contribution >= 4 is 5.65 Å². The average Bonchev–Trinajstić information content (AvgIpc) is 2.98. The summed E-state index contributed by atoms with van der Waals surface area (Å²) in [5, 5.41) is 4.32. The van der Waals surface area contributed by atoms with Crippen LogP contribution in [-0.4, -0.2) is 14.6 Å². The standard InChI is InChI=1S/C19H16FN4/c1-13-5-7-17(20)16(10-13)19-15(4-3-9-21-19)14-6-8-18-23(2)12-22-24(18)11-14/h3-12H,1-2H3/q+1. The van der Waals surface area contributed by atoms with Gasteiger partial charge in [0.2, 0.25) is 0 Å². The first-order chi connectivity index (χ1) is 11.6. The molecule has 0 aliphatic carbocycles. The van der Waals surface area contributed by atoms with Gasteiger partial charge in [0, 0.05) is 34.1 Å². The number of hydrogen-bond acceptors (Lipinski definition) is 2. The Balaban J connectivity index is 1.93. The number of hydrogen-bond donors (Lipinski definition) is 0. The molecule has 1 aromatic carbocycles. The fourth-order valence-corrected chi connectivity index (χ4v) is 2.88. The molecule has 0 saturated heterocycles. The largest absolute Gasteiger partial charge is 0.265 e. The summed E-state index contributed by atoms with van der Waals surface area (Å²) in [4.78, 5) is 4.44. The highest BCUT2D eigenvalue weighted by Crippen LogP contribution is 2.32. The molecule has 4 aromatic rings. The van der Waals surface area contributed by atoms with Crippen LogP contribution in [0.4, 0.5) is 4.39 Å². The maximum atomic E-state index is 14.3. The number of pyridine rings is 2. The molecule has 4 nitrogen and oxygen atoms in total. The Labute approximate surface area is 138 Å². The highest BCUT2D eigenvalue weighted by molar-refractivity contribution is 5.81. The molecule has 5 heteroatoms. The monoisotopic (exact) mass is 319 g/mol. The lowest BCUT2D eigenvalue weighted by atomic mass is 9.99. The summed E-state index contributed by atoms with van der Waals surface area (Å²) in [6, 6.07) is 12.9. The van der Waals surface area contributed by atoms with E-state index in [0.29, 0.717) is 11.3 Å². The Morgan fingerprint density at radius 2 is 1.96 bits per heavy atom. The van der Waals surface area contributed by atoms with Crippen molar-refractivity contribution in [2.45, 2.75) is 6.92 Å². The molecule has 0 bridgehead atoms. The Morgan fingerprint density at radius 3 is 2.83 bits per heavy atom. The van der Waals surface area contributed by atoms with E-state index in [4.69, 9.17) is 0 Å². The smallest absolute Gasteiger partial charge is 0.255 e. The first-order valence-electron chi connectivity index (χ1n) is 7.68. The summed E-state index contributed by atoms with van der Waals surface area (Å²) in [5.41, 5.74) is 4.94. The summed E-state index contributed by atoms with van der Waals surface area (Å²) in [5.74, 6) is -0.271. The molecule has 0 N–H and O–H groups in total. The van der Waals surface area contributed by atoms with E-state index in [1.54, 1.807) is 23.1 Å². The maximum absolute atomic E-state index is 14.3. The molecule has 3 aromatic heterocycles. The third-order valence-electron chi connectivity index (χ3n) is 4.11. The van der Waals surface area contributed by atoms with Crippen molar-refractivity contribution < 1.29 is 8.96 Å². The van der Waals surface area contributed by atoms with E-state index < -0.39 is 0 Å². The number of fused-ring (bicyclic) bond motifs is 1. The molecule has 118 valence electrons. The first kappa shape index (κ1) is 14.5. The lowest BCUT2D eigenvalue weighted by molar-refractivity contribution is -0.646. The summed E-state index contributed by atoms with van der Waals surface area (Å²) < 4.78 is 18.1. The van der Waals surface area contributed by atoms with Crippen LogP contribution in [0.1, 0.15) is 5.56 Å². The van der Waals surface area contributed by atoms with Crippen LogP contribution in [-0.2, 0) is 7.05 Å². The fourth-order valence-electron chi connectivity index (χ4n) is 2.88. The second-order valence-corrected chi connectivity index (χ2v) is 5.85. The Bertz CT molecular complexity index is 1050. The fraction of sp³-hybridized carbons (Fsp3) is 0.105. The van der Waals surface area contributed by atoms with E-state index in [2.05, 4.69) is 10.1 Å². The zero-order valence-corrected chi connectivity index (χ0v) is 13.4. The molecule has 24 heavy (non-hydrogen) atoms. The van der Waals surface area contributed by atoms with Crippen molar-refractivity contribution in [3.8, 4) is 22.4 Å². The van der Waals surface area contributed by atoms with Crippen LogP contribution < -0.4 is 4.57 Å². The summed E-state index contributed by atoms with van der Waals surface area (Å²) in [7, 11) is 1.94. The predicted octanol–water partition coefficient (Wildman–Crippen LogP) is 3.34. The van der Waals surface area contributed by atoms with Crippen molar-refractivity contribution in [3.05, 3.63) is 72.6 Å². The quantitative estimate of drug-likeness (QED) is 0.531.